The summed E-state index contributed by atoms with van der Waals surface area (Å²) < 4.78 is 0. The molecule has 3 amide bonds. The van der Waals surface area contributed by atoms with Gasteiger partial charge in [-0.1, -0.05) is 50.1 Å². The van der Waals surface area contributed by atoms with E-state index in [1.54, 1.807) is 12.5 Å². The molecule has 0 aliphatic carbocycles. The van der Waals surface area contributed by atoms with E-state index in [4.69, 9.17) is 23.8 Å². The molecule has 0 aliphatic rings. The Morgan fingerprint density at radius 1 is 1.16 bits per heavy atom. The summed E-state index contributed by atoms with van der Waals surface area (Å²) in [5, 5.41) is 2.70. The Morgan fingerprint density at radius 3 is 2.34 bits per heavy atom. The highest BCUT2D eigenvalue weighted by Crippen LogP contribution is 2.19. The van der Waals surface area contributed by atoms with E-state index in [2.05, 4.69) is 24.2 Å². The van der Waals surface area contributed by atoms with Crippen molar-refractivity contribution in [3.8, 4) is 12.3 Å². The van der Waals surface area contributed by atoms with Gasteiger partial charge < -0.3 is 16.0 Å². The van der Waals surface area contributed by atoms with E-state index in [-0.39, 0.29) is 24.2 Å². The molecule has 0 rings (SSSR count). The number of likely N-dealkylation sites (N-methyl/N-ethyl adjacent to an activating group) is 1. The Kier molecular flexibility index (Phi) is 15.2. The van der Waals surface area contributed by atoms with Crippen LogP contribution in [0.5, 0.6) is 0 Å². The molecule has 7 heteroatoms. The number of primary amides is 1. The van der Waals surface area contributed by atoms with Crippen LogP contribution in [0.15, 0.2) is 23.3 Å². The number of nitrogens with two attached hydrogens (primary N) is 1. The smallest absolute Gasteiger partial charge is 0.245 e. The minimum atomic E-state index is -0.730. The van der Waals surface area contributed by atoms with Crippen molar-refractivity contribution in [1.82, 2.24) is 10.2 Å². The summed E-state index contributed by atoms with van der Waals surface area (Å²) in [6.07, 6.45) is 14.8. The van der Waals surface area contributed by atoms with Crippen LogP contribution in [0.3, 0.4) is 0 Å². The molecule has 0 saturated carbocycles. The van der Waals surface area contributed by atoms with Crippen LogP contribution in [0.25, 0.3) is 0 Å². The second-order valence-corrected chi connectivity index (χ2v) is 8.86. The van der Waals surface area contributed by atoms with Crippen molar-refractivity contribution < 1.29 is 14.4 Å². The van der Waals surface area contributed by atoms with Gasteiger partial charge in [0.1, 0.15) is 12.1 Å². The first-order chi connectivity index (χ1) is 15.0. The van der Waals surface area contributed by atoms with Gasteiger partial charge in [0.15, 0.2) is 0 Å². The molecule has 0 fully saturated rings. The molecule has 0 aromatic carbocycles. The molecule has 0 aliphatic heterocycles. The summed E-state index contributed by atoms with van der Waals surface area (Å²) in [6.45, 7) is 7.38. The molecule has 0 spiro atoms. The van der Waals surface area contributed by atoms with Crippen molar-refractivity contribution in [2.75, 3.05) is 7.05 Å². The number of carbonyl (C=O) groups excluding carboxylic acids is 3. The van der Waals surface area contributed by atoms with Crippen LogP contribution in [0.4, 0.5) is 0 Å². The fraction of sp³-hybridized carbons (Fsp3) is 0.640. The van der Waals surface area contributed by atoms with Crippen molar-refractivity contribution >= 4 is 29.3 Å². The van der Waals surface area contributed by atoms with Crippen LogP contribution in [-0.2, 0) is 14.4 Å². The second-order valence-electron chi connectivity index (χ2n) is 8.64. The van der Waals surface area contributed by atoms with Crippen LogP contribution < -0.4 is 11.1 Å². The minimum Gasteiger partial charge on any atom is -0.368 e. The van der Waals surface area contributed by atoms with Gasteiger partial charge in [0, 0.05) is 25.4 Å². The molecule has 0 bridgehead atoms. The summed E-state index contributed by atoms with van der Waals surface area (Å²) >= 11 is 5.90. The van der Waals surface area contributed by atoms with Crippen LogP contribution in [0, 0.1) is 24.2 Å². The van der Waals surface area contributed by atoms with Crippen LogP contribution >= 0.6 is 11.6 Å². The molecule has 0 aromatic rings. The lowest BCUT2D eigenvalue weighted by molar-refractivity contribution is -0.141. The maximum absolute atomic E-state index is 12.5. The number of rotatable bonds is 15. The molecular formula is C25H40ClN3O3. The standard InChI is InChI=1S/C25H40ClN3O3/c1-7-8-9-13-21(17-26)16-15-19(4)12-10-11-14-22(30)28-20(5)25(32)29(6)23(18(2)3)24(27)31/h1,10,12,17-20,23H,8-9,11,13-16H2,2-6H3,(H2,27,31)(H,28,30). The molecule has 3 N–H and O–H groups in total. The molecule has 0 aromatic heterocycles. The first-order valence-corrected chi connectivity index (χ1v) is 11.7. The van der Waals surface area contributed by atoms with Gasteiger partial charge in [-0.25, -0.2) is 0 Å². The van der Waals surface area contributed by atoms with Gasteiger partial charge >= 0.3 is 0 Å². The van der Waals surface area contributed by atoms with E-state index in [1.807, 2.05) is 19.9 Å². The highest BCUT2D eigenvalue weighted by molar-refractivity contribution is 6.25. The molecule has 3 unspecified atom stereocenters. The molecule has 0 radical (unpaired) electrons. The van der Waals surface area contributed by atoms with Gasteiger partial charge in [0.05, 0.1) is 0 Å². The van der Waals surface area contributed by atoms with E-state index >= 15 is 0 Å². The average molecular weight is 466 g/mol. The molecule has 3 atom stereocenters. The third-order valence-corrected chi connectivity index (χ3v) is 5.64. The first-order valence-electron chi connectivity index (χ1n) is 11.3. The van der Waals surface area contributed by atoms with Gasteiger partial charge in [0.25, 0.3) is 0 Å². The van der Waals surface area contributed by atoms with Gasteiger partial charge in [-0.2, -0.15) is 0 Å². The zero-order chi connectivity index (χ0) is 24.7. The van der Waals surface area contributed by atoms with E-state index in [9.17, 15) is 14.4 Å². The van der Waals surface area contributed by atoms with Crippen molar-refractivity contribution in [3.63, 3.8) is 0 Å². The molecule has 0 saturated heterocycles. The summed E-state index contributed by atoms with van der Waals surface area (Å²) in [4.78, 5) is 37.7. The number of terminal acetylenes is 1. The Morgan fingerprint density at radius 2 is 1.81 bits per heavy atom. The topological polar surface area (TPSA) is 92.5 Å². The lowest BCUT2D eigenvalue weighted by Gasteiger charge is -2.30. The number of nitrogens with zero attached hydrogens (tertiary/aromatic N) is 1. The fourth-order valence-corrected chi connectivity index (χ4v) is 3.71. The molecule has 6 nitrogen and oxygen atoms in total. The largest absolute Gasteiger partial charge is 0.368 e. The predicted molar refractivity (Wildman–Crippen MR) is 132 cm³/mol. The maximum Gasteiger partial charge on any atom is 0.245 e. The van der Waals surface area contributed by atoms with E-state index < -0.39 is 18.0 Å². The summed E-state index contributed by atoms with van der Waals surface area (Å²) in [6, 6.07) is -1.44. The minimum absolute atomic E-state index is 0.115. The number of allylic oxidation sites excluding steroid dienone is 3. The Labute approximate surface area is 199 Å². The number of unbranched alkanes of at least 4 members (excludes halogenated alkanes) is 1. The summed E-state index contributed by atoms with van der Waals surface area (Å²) in [5.41, 5.74) is 8.28. The third-order valence-electron chi connectivity index (χ3n) is 5.33. The van der Waals surface area contributed by atoms with Crippen molar-refractivity contribution in [3.05, 3.63) is 23.3 Å². The van der Waals surface area contributed by atoms with Gasteiger partial charge in [-0.3, -0.25) is 14.4 Å². The van der Waals surface area contributed by atoms with Crippen LogP contribution in [-0.4, -0.2) is 41.8 Å². The number of hydrogen-bond donors (Lipinski definition) is 2. The predicted octanol–water partition coefficient (Wildman–Crippen LogP) is 4.14. The van der Waals surface area contributed by atoms with Crippen LogP contribution in [0.1, 0.15) is 72.6 Å². The lowest BCUT2D eigenvalue weighted by Crippen LogP contribution is -2.54. The maximum atomic E-state index is 12.5. The lowest BCUT2D eigenvalue weighted by atomic mass is 9.98. The quantitative estimate of drug-likeness (QED) is 0.216. The monoisotopic (exact) mass is 465 g/mol. The van der Waals surface area contributed by atoms with Crippen molar-refractivity contribution in [2.45, 2.75) is 84.7 Å². The highest BCUT2D eigenvalue weighted by atomic mass is 35.5. The number of nitrogens with one attached hydrogen (secondary N) is 1. The van der Waals surface area contributed by atoms with Crippen molar-refractivity contribution in [2.24, 2.45) is 17.6 Å². The molecular weight excluding hydrogens is 426 g/mol. The molecule has 0 heterocycles. The average Bonchev–Trinajstić information content (AvgIpc) is 2.72. The van der Waals surface area contributed by atoms with E-state index in [1.165, 1.54) is 17.5 Å². The number of amides is 3. The third kappa shape index (κ3) is 12.0. The highest BCUT2D eigenvalue weighted by Gasteiger charge is 2.30. The van der Waals surface area contributed by atoms with Gasteiger partial charge in [-0.05, 0) is 50.9 Å². The fourth-order valence-electron chi connectivity index (χ4n) is 3.49. The first kappa shape index (κ1) is 29.7. The van der Waals surface area contributed by atoms with Crippen molar-refractivity contribution in [1.29, 1.82) is 0 Å². The summed E-state index contributed by atoms with van der Waals surface area (Å²) in [7, 11) is 1.53. The zero-order valence-electron chi connectivity index (χ0n) is 20.2. The molecule has 32 heavy (non-hydrogen) atoms. The Bertz CT molecular complexity index is 710. The van der Waals surface area contributed by atoms with E-state index in [0.717, 1.165) is 32.1 Å². The Balaban J connectivity index is 4.40. The molecule has 180 valence electrons. The second kappa shape index (κ2) is 16.4. The number of hydrogen-bond acceptors (Lipinski definition) is 3. The van der Waals surface area contributed by atoms with Gasteiger partial charge in [0.2, 0.25) is 17.7 Å². The normalized spacial score (nSPS) is 14.6. The Hall–Kier alpha value is -2.26. The SMILES string of the molecule is C#CCCCC(=CCl)CCC(C)C=CCCC(=O)NC(C)C(=O)N(C)C(C(N)=O)C(C)C. The summed E-state index contributed by atoms with van der Waals surface area (Å²) in [5.74, 6) is 1.78. The van der Waals surface area contributed by atoms with E-state index in [0.29, 0.717) is 12.3 Å². The van der Waals surface area contributed by atoms with Crippen LogP contribution in [0.2, 0.25) is 0 Å². The number of halogens is 1. The van der Waals surface area contributed by atoms with Gasteiger partial charge in [-0.15, -0.1) is 12.3 Å². The zero-order valence-corrected chi connectivity index (χ0v) is 21.0. The number of carbonyl (C=O) groups is 3.